The zero-order valence-electron chi connectivity index (χ0n) is 5.19. The van der Waals surface area contributed by atoms with Gasteiger partial charge >= 0.3 is 0 Å². The second-order valence-electron chi connectivity index (χ2n) is 1.88. The lowest BCUT2D eigenvalue weighted by atomic mass is 10.6. The van der Waals surface area contributed by atoms with Gasteiger partial charge in [0.25, 0.3) is 0 Å². The third kappa shape index (κ3) is 0.644. The summed E-state index contributed by atoms with van der Waals surface area (Å²) in [7, 11) is 0. The lowest BCUT2D eigenvalue weighted by Crippen LogP contribution is -2.00. The fraction of sp³-hybridized carbons (Fsp3) is 0.200. The predicted molar refractivity (Wildman–Crippen MR) is 38.8 cm³/mol. The molecule has 0 atom stereocenters. The predicted octanol–water partition coefficient (Wildman–Crippen LogP) is 0.249. The van der Waals surface area contributed by atoms with Crippen LogP contribution >= 0.6 is 11.3 Å². The van der Waals surface area contributed by atoms with Crippen molar-refractivity contribution in [3.8, 4) is 0 Å². The van der Waals surface area contributed by atoms with Crippen LogP contribution in [0.1, 0.15) is 5.82 Å². The molecular formula is C5H6N4S. The number of thiazole rings is 1. The van der Waals surface area contributed by atoms with E-state index in [0.29, 0.717) is 6.54 Å². The van der Waals surface area contributed by atoms with E-state index in [1.54, 1.807) is 11.3 Å². The summed E-state index contributed by atoms with van der Waals surface area (Å²) in [5.74, 6) is 0.816. The standard InChI is InChI=1S/C5H6N4S/c6-3-4-7-8-5-9(4)1-2-10-5/h1-2H,3,6H2. The van der Waals surface area contributed by atoms with Gasteiger partial charge in [-0.3, -0.25) is 4.40 Å². The molecule has 0 aromatic carbocycles. The maximum atomic E-state index is 5.40. The maximum absolute atomic E-state index is 5.40. The molecule has 0 aliphatic heterocycles. The van der Waals surface area contributed by atoms with Crippen LogP contribution in [-0.2, 0) is 6.54 Å². The van der Waals surface area contributed by atoms with E-state index < -0.39 is 0 Å². The first-order valence-corrected chi connectivity index (χ1v) is 3.77. The summed E-state index contributed by atoms with van der Waals surface area (Å²) in [6.45, 7) is 0.442. The molecular weight excluding hydrogens is 148 g/mol. The largest absolute Gasteiger partial charge is 0.324 e. The molecule has 2 rings (SSSR count). The first-order valence-electron chi connectivity index (χ1n) is 2.89. The van der Waals surface area contributed by atoms with Gasteiger partial charge in [0.15, 0.2) is 5.82 Å². The molecule has 0 saturated carbocycles. The zero-order chi connectivity index (χ0) is 6.97. The smallest absolute Gasteiger partial charge is 0.216 e. The van der Waals surface area contributed by atoms with E-state index in [9.17, 15) is 0 Å². The van der Waals surface area contributed by atoms with Crippen molar-refractivity contribution in [1.29, 1.82) is 0 Å². The monoisotopic (exact) mass is 154 g/mol. The molecule has 2 aromatic heterocycles. The van der Waals surface area contributed by atoms with Gasteiger partial charge in [0.05, 0.1) is 6.54 Å². The molecule has 0 spiro atoms. The summed E-state index contributed by atoms with van der Waals surface area (Å²) in [4.78, 5) is 0.903. The summed E-state index contributed by atoms with van der Waals surface area (Å²) >= 11 is 1.56. The second-order valence-corrected chi connectivity index (χ2v) is 2.75. The fourth-order valence-electron chi connectivity index (χ4n) is 0.829. The first-order chi connectivity index (χ1) is 4.92. The average Bonchev–Trinajstić information content (AvgIpc) is 2.44. The average molecular weight is 154 g/mol. The van der Waals surface area contributed by atoms with Crippen LogP contribution in [0.2, 0.25) is 0 Å². The Bertz CT molecular complexity index is 336. The van der Waals surface area contributed by atoms with Gasteiger partial charge in [-0.2, -0.15) is 0 Å². The highest BCUT2D eigenvalue weighted by Gasteiger charge is 2.01. The molecule has 52 valence electrons. The Kier molecular flexibility index (Phi) is 1.18. The SMILES string of the molecule is NCc1nnc2sccn12. The third-order valence-electron chi connectivity index (χ3n) is 1.30. The minimum absolute atomic E-state index is 0.442. The van der Waals surface area contributed by atoms with Gasteiger partial charge in [-0.05, 0) is 0 Å². The van der Waals surface area contributed by atoms with E-state index in [0.717, 1.165) is 10.8 Å². The molecule has 0 bridgehead atoms. The van der Waals surface area contributed by atoms with Crippen LogP contribution in [0.4, 0.5) is 0 Å². The maximum Gasteiger partial charge on any atom is 0.216 e. The van der Waals surface area contributed by atoms with Gasteiger partial charge in [-0.25, -0.2) is 0 Å². The number of nitrogens with zero attached hydrogens (tertiary/aromatic N) is 3. The third-order valence-corrected chi connectivity index (χ3v) is 2.05. The van der Waals surface area contributed by atoms with E-state index in [1.807, 2.05) is 16.0 Å². The number of aromatic nitrogens is 3. The fourth-order valence-corrected chi connectivity index (χ4v) is 1.50. The van der Waals surface area contributed by atoms with Gasteiger partial charge in [0, 0.05) is 11.6 Å². The van der Waals surface area contributed by atoms with E-state index >= 15 is 0 Å². The first kappa shape index (κ1) is 5.82. The van der Waals surface area contributed by atoms with Crippen molar-refractivity contribution < 1.29 is 0 Å². The molecule has 2 heterocycles. The van der Waals surface area contributed by atoms with E-state index in [4.69, 9.17) is 5.73 Å². The second kappa shape index (κ2) is 2.03. The summed E-state index contributed by atoms with van der Waals surface area (Å²) < 4.78 is 1.89. The molecule has 4 nitrogen and oxygen atoms in total. The Morgan fingerprint density at radius 2 is 2.50 bits per heavy atom. The van der Waals surface area contributed by atoms with Gasteiger partial charge < -0.3 is 5.73 Å². The van der Waals surface area contributed by atoms with Crippen molar-refractivity contribution in [2.75, 3.05) is 0 Å². The molecule has 0 unspecified atom stereocenters. The highest BCUT2D eigenvalue weighted by molar-refractivity contribution is 7.15. The van der Waals surface area contributed by atoms with Gasteiger partial charge in [0.2, 0.25) is 4.96 Å². The Morgan fingerprint density at radius 1 is 1.60 bits per heavy atom. The molecule has 0 aliphatic carbocycles. The number of fused-ring (bicyclic) bond motifs is 1. The van der Waals surface area contributed by atoms with Crippen LogP contribution < -0.4 is 5.73 Å². The summed E-state index contributed by atoms with van der Waals surface area (Å²) in [5, 5.41) is 9.73. The Hall–Kier alpha value is -0.940. The number of nitrogens with two attached hydrogens (primary N) is 1. The number of rotatable bonds is 1. The molecule has 2 aromatic rings. The summed E-state index contributed by atoms with van der Waals surface area (Å²) in [5.41, 5.74) is 5.40. The van der Waals surface area contributed by atoms with Crippen LogP contribution in [0.3, 0.4) is 0 Å². The van der Waals surface area contributed by atoms with E-state index in [-0.39, 0.29) is 0 Å². The van der Waals surface area contributed by atoms with Crippen molar-refractivity contribution in [3.05, 3.63) is 17.4 Å². The van der Waals surface area contributed by atoms with Crippen LogP contribution in [0.5, 0.6) is 0 Å². The molecule has 0 amide bonds. The van der Waals surface area contributed by atoms with Crippen LogP contribution in [0.25, 0.3) is 4.96 Å². The normalized spacial score (nSPS) is 10.9. The lowest BCUT2D eigenvalue weighted by molar-refractivity contribution is 0.884. The van der Waals surface area contributed by atoms with Gasteiger partial charge in [-0.15, -0.1) is 21.5 Å². The Labute approximate surface area is 61.3 Å². The van der Waals surface area contributed by atoms with E-state index in [1.165, 1.54) is 0 Å². The minimum atomic E-state index is 0.442. The zero-order valence-corrected chi connectivity index (χ0v) is 6.01. The van der Waals surface area contributed by atoms with E-state index in [2.05, 4.69) is 10.2 Å². The number of hydrogen-bond donors (Lipinski definition) is 1. The Morgan fingerprint density at radius 3 is 3.30 bits per heavy atom. The topological polar surface area (TPSA) is 56.2 Å². The lowest BCUT2D eigenvalue weighted by Gasteiger charge is -1.86. The quantitative estimate of drug-likeness (QED) is 0.640. The van der Waals surface area contributed by atoms with Crippen LogP contribution in [-0.4, -0.2) is 14.6 Å². The highest BCUT2D eigenvalue weighted by Crippen LogP contribution is 2.08. The van der Waals surface area contributed by atoms with Crippen LogP contribution in [0, 0.1) is 0 Å². The Balaban J connectivity index is 2.76. The minimum Gasteiger partial charge on any atom is -0.324 e. The van der Waals surface area contributed by atoms with Gasteiger partial charge in [-0.1, -0.05) is 0 Å². The van der Waals surface area contributed by atoms with Crippen molar-refractivity contribution in [3.63, 3.8) is 0 Å². The molecule has 0 aliphatic rings. The van der Waals surface area contributed by atoms with Gasteiger partial charge in [0.1, 0.15) is 0 Å². The molecule has 0 radical (unpaired) electrons. The molecule has 10 heavy (non-hydrogen) atoms. The summed E-state index contributed by atoms with van der Waals surface area (Å²) in [6, 6.07) is 0. The molecule has 2 N–H and O–H groups in total. The molecule has 0 fully saturated rings. The van der Waals surface area contributed by atoms with Crippen molar-refractivity contribution in [2.24, 2.45) is 5.73 Å². The van der Waals surface area contributed by atoms with Crippen molar-refractivity contribution >= 4 is 16.3 Å². The highest BCUT2D eigenvalue weighted by atomic mass is 32.1. The molecule has 0 saturated heterocycles. The van der Waals surface area contributed by atoms with Crippen molar-refractivity contribution in [2.45, 2.75) is 6.54 Å². The van der Waals surface area contributed by atoms with Crippen molar-refractivity contribution in [1.82, 2.24) is 14.6 Å². The molecule has 5 heteroatoms. The summed E-state index contributed by atoms with van der Waals surface area (Å²) in [6.07, 6.45) is 1.92. The van der Waals surface area contributed by atoms with Crippen LogP contribution in [0.15, 0.2) is 11.6 Å². The number of hydrogen-bond acceptors (Lipinski definition) is 4.